The lowest BCUT2D eigenvalue weighted by Gasteiger charge is -2.13. The largest absolute Gasteiger partial charge is 0.497 e. The zero-order valence-corrected chi connectivity index (χ0v) is 18.3. The molecular weight excluding hydrogens is 416 g/mol. The van der Waals surface area contributed by atoms with E-state index in [9.17, 15) is 10.1 Å². The third-order valence-corrected chi connectivity index (χ3v) is 5.98. The van der Waals surface area contributed by atoms with Gasteiger partial charge in [-0.1, -0.05) is 84.6 Å². The molecule has 0 N–H and O–H groups in total. The van der Waals surface area contributed by atoms with E-state index in [4.69, 9.17) is 9.72 Å². The Labute approximate surface area is 191 Å². The van der Waals surface area contributed by atoms with Crippen LogP contribution in [-0.2, 0) is 0 Å². The highest BCUT2D eigenvalue weighted by atomic mass is 32.2. The van der Waals surface area contributed by atoms with Gasteiger partial charge in [0, 0.05) is 16.7 Å². The summed E-state index contributed by atoms with van der Waals surface area (Å²) in [5.74, 6) is 0.941. The van der Waals surface area contributed by atoms with E-state index in [-0.39, 0.29) is 11.5 Å². The van der Waals surface area contributed by atoms with Gasteiger partial charge in [0.05, 0.1) is 24.1 Å². The van der Waals surface area contributed by atoms with E-state index in [0.717, 1.165) is 28.1 Å². The zero-order chi connectivity index (χ0) is 22.3. The van der Waals surface area contributed by atoms with Crippen LogP contribution in [0.15, 0.2) is 96.0 Å². The first-order valence-corrected chi connectivity index (χ1v) is 11.0. The molecule has 1 heterocycles. The predicted molar refractivity (Wildman–Crippen MR) is 128 cm³/mol. The number of carbonyl (C=O) groups excluding carboxylic acids is 1. The molecule has 0 aliphatic heterocycles. The summed E-state index contributed by atoms with van der Waals surface area (Å²) in [5.41, 5.74) is 4.47. The standard InChI is InChI=1S/C27H20N2O2S/c1-31-22-14-12-19(13-15-22)23-16-25(20-8-4-2-5-9-20)29-27(24(23)17-28)32-18-26(30)21-10-6-3-7-11-21/h2-16H,18H2,1H3. The van der Waals surface area contributed by atoms with Crippen molar-refractivity contribution in [3.05, 3.63) is 102 Å². The van der Waals surface area contributed by atoms with Crippen molar-refractivity contribution < 1.29 is 9.53 Å². The Morgan fingerprint density at radius 1 is 0.938 bits per heavy atom. The van der Waals surface area contributed by atoms with Crippen molar-refractivity contribution in [3.8, 4) is 34.2 Å². The number of nitriles is 1. The minimum atomic E-state index is -0.00241. The highest BCUT2D eigenvalue weighted by Gasteiger charge is 2.17. The molecule has 0 aliphatic carbocycles. The minimum Gasteiger partial charge on any atom is -0.497 e. The molecule has 32 heavy (non-hydrogen) atoms. The summed E-state index contributed by atoms with van der Waals surface area (Å²) < 4.78 is 5.27. The lowest BCUT2D eigenvalue weighted by molar-refractivity contribution is 0.102. The summed E-state index contributed by atoms with van der Waals surface area (Å²) in [7, 11) is 1.62. The van der Waals surface area contributed by atoms with Crippen LogP contribution >= 0.6 is 11.8 Å². The van der Waals surface area contributed by atoms with Crippen LogP contribution in [0.5, 0.6) is 5.75 Å². The molecule has 0 fully saturated rings. The fraction of sp³-hybridized carbons (Fsp3) is 0.0741. The number of methoxy groups -OCH3 is 1. The summed E-state index contributed by atoms with van der Waals surface area (Å²) in [6.07, 6.45) is 0. The van der Waals surface area contributed by atoms with Gasteiger partial charge in [-0.25, -0.2) is 4.98 Å². The van der Waals surface area contributed by atoms with E-state index in [1.807, 2.05) is 78.9 Å². The number of carbonyl (C=O) groups is 1. The molecule has 4 rings (SSSR count). The van der Waals surface area contributed by atoms with E-state index in [2.05, 4.69) is 6.07 Å². The van der Waals surface area contributed by atoms with Crippen LogP contribution in [0.25, 0.3) is 22.4 Å². The zero-order valence-electron chi connectivity index (χ0n) is 17.5. The Hall–Kier alpha value is -3.88. The fourth-order valence-corrected chi connectivity index (χ4v) is 4.23. The maximum atomic E-state index is 12.7. The van der Waals surface area contributed by atoms with Crippen LogP contribution in [0, 0.1) is 11.3 Å². The number of ketones is 1. The molecule has 156 valence electrons. The third-order valence-electron chi connectivity index (χ3n) is 5.00. The molecule has 4 nitrogen and oxygen atoms in total. The van der Waals surface area contributed by atoms with Crippen LogP contribution in [0.1, 0.15) is 15.9 Å². The highest BCUT2D eigenvalue weighted by Crippen LogP contribution is 2.35. The summed E-state index contributed by atoms with van der Waals surface area (Å²) in [6.45, 7) is 0. The Morgan fingerprint density at radius 2 is 1.59 bits per heavy atom. The lowest BCUT2D eigenvalue weighted by atomic mass is 9.99. The summed E-state index contributed by atoms with van der Waals surface area (Å²) in [5, 5.41) is 10.5. The van der Waals surface area contributed by atoms with Crippen molar-refractivity contribution in [2.45, 2.75) is 5.03 Å². The second kappa shape index (κ2) is 9.95. The summed E-state index contributed by atoms with van der Waals surface area (Å²) in [6, 6.07) is 30.8. The summed E-state index contributed by atoms with van der Waals surface area (Å²) in [4.78, 5) is 17.4. The smallest absolute Gasteiger partial charge is 0.173 e. The molecule has 1 aromatic heterocycles. The molecular formula is C27H20N2O2S. The van der Waals surface area contributed by atoms with Crippen LogP contribution in [0.2, 0.25) is 0 Å². The number of aromatic nitrogens is 1. The minimum absolute atomic E-state index is 0.00241. The van der Waals surface area contributed by atoms with Crippen molar-refractivity contribution in [1.29, 1.82) is 5.26 Å². The normalized spacial score (nSPS) is 10.4. The molecule has 4 aromatic rings. The van der Waals surface area contributed by atoms with E-state index in [1.165, 1.54) is 11.8 Å². The van der Waals surface area contributed by atoms with E-state index >= 15 is 0 Å². The quantitative estimate of drug-likeness (QED) is 0.252. The average Bonchev–Trinajstić information content (AvgIpc) is 2.87. The monoisotopic (exact) mass is 436 g/mol. The second-order valence-corrected chi connectivity index (χ2v) is 7.98. The third kappa shape index (κ3) is 4.72. The molecule has 0 bridgehead atoms. The molecule has 0 atom stereocenters. The molecule has 3 aromatic carbocycles. The molecule has 0 saturated heterocycles. The number of hydrogen-bond acceptors (Lipinski definition) is 5. The lowest BCUT2D eigenvalue weighted by Crippen LogP contribution is -2.03. The number of nitrogens with zero attached hydrogens (tertiary/aromatic N) is 2. The van der Waals surface area contributed by atoms with Crippen molar-refractivity contribution in [1.82, 2.24) is 4.98 Å². The topological polar surface area (TPSA) is 63.0 Å². The number of Topliss-reactive ketones (excluding diaryl/α,β-unsaturated/α-hetero) is 1. The van der Waals surface area contributed by atoms with E-state index in [0.29, 0.717) is 16.2 Å². The van der Waals surface area contributed by atoms with Gasteiger partial charge in [0.1, 0.15) is 16.8 Å². The van der Waals surface area contributed by atoms with Crippen LogP contribution in [0.4, 0.5) is 0 Å². The Kier molecular flexibility index (Phi) is 6.64. The highest BCUT2D eigenvalue weighted by molar-refractivity contribution is 8.00. The molecule has 0 spiro atoms. The van der Waals surface area contributed by atoms with Gasteiger partial charge in [0.25, 0.3) is 0 Å². The van der Waals surface area contributed by atoms with Crippen LogP contribution < -0.4 is 4.74 Å². The first-order chi connectivity index (χ1) is 15.7. The molecule has 0 amide bonds. The van der Waals surface area contributed by atoms with Gasteiger partial charge in [-0.15, -0.1) is 0 Å². The number of hydrogen-bond donors (Lipinski definition) is 0. The van der Waals surface area contributed by atoms with Gasteiger partial charge in [0.15, 0.2) is 5.78 Å². The SMILES string of the molecule is COc1ccc(-c2cc(-c3ccccc3)nc(SCC(=O)c3ccccc3)c2C#N)cc1. The van der Waals surface area contributed by atoms with Gasteiger partial charge in [-0.2, -0.15) is 5.26 Å². The number of benzene rings is 3. The first kappa shape index (κ1) is 21.4. The Morgan fingerprint density at radius 3 is 2.22 bits per heavy atom. The van der Waals surface area contributed by atoms with E-state index in [1.54, 1.807) is 19.2 Å². The Bertz CT molecular complexity index is 1270. The molecule has 0 aliphatic rings. The van der Waals surface area contributed by atoms with Crippen molar-refractivity contribution >= 4 is 17.5 Å². The molecule has 5 heteroatoms. The van der Waals surface area contributed by atoms with Gasteiger partial charge >= 0.3 is 0 Å². The van der Waals surface area contributed by atoms with Crippen LogP contribution in [-0.4, -0.2) is 23.6 Å². The number of pyridine rings is 1. The molecule has 0 saturated carbocycles. The maximum absolute atomic E-state index is 12.7. The number of thioether (sulfide) groups is 1. The predicted octanol–water partition coefficient (Wildman–Crippen LogP) is 6.27. The first-order valence-electron chi connectivity index (χ1n) is 10.1. The molecule has 0 unspecified atom stereocenters. The average molecular weight is 437 g/mol. The van der Waals surface area contributed by atoms with Gasteiger partial charge < -0.3 is 4.74 Å². The number of rotatable bonds is 7. The van der Waals surface area contributed by atoms with Crippen LogP contribution in [0.3, 0.4) is 0 Å². The summed E-state index contributed by atoms with van der Waals surface area (Å²) >= 11 is 1.29. The van der Waals surface area contributed by atoms with E-state index < -0.39 is 0 Å². The van der Waals surface area contributed by atoms with Gasteiger partial charge in [-0.05, 0) is 23.8 Å². The van der Waals surface area contributed by atoms with Gasteiger partial charge in [-0.3, -0.25) is 4.79 Å². The molecule has 0 radical (unpaired) electrons. The Balaban J connectivity index is 1.77. The van der Waals surface area contributed by atoms with Gasteiger partial charge in [0.2, 0.25) is 0 Å². The second-order valence-electron chi connectivity index (χ2n) is 7.02. The maximum Gasteiger partial charge on any atom is 0.173 e. The number of ether oxygens (including phenoxy) is 1. The fourth-order valence-electron chi connectivity index (χ4n) is 3.33. The van der Waals surface area contributed by atoms with Crippen molar-refractivity contribution in [2.75, 3.05) is 12.9 Å². The van der Waals surface area contributed by atoms with Crippen molar-refractivity contribution in [2.24, 2.45) is 0 Å². The van der Waals surface area contributed by atoms with Crippen molar-refractivity contribution in [3.63, 3.8) is 0 Å².